The minimum Gasteiger partial charge on any atom is -0.497 e. The third-order valence-corrected chi connectivity index (χ3v) is 5.33. The number of Topliss-reactive ketones (excluding diaryl/α,β-unsaturated/α-hetero) is 1. The molecule has 1 saturated carbocycles. The molecule has 2 aromatic carbocycles. The van der Waals surface area contributed by atoms with Gasteiger partial charge in [-0.1, -0.05) is 23.7 Å². The van der Waals surface area contributed by atoms with E-state index in [4.69, 9.17) is 16.3 Å². The maximum Gasteiger partial charge on any atom is 0.137 e. The van der Waals surface area contributed by atoms with Gasteiger partial charge in [-0.05, 0) is 66.6 Å². The predicted octanol–water partition coefficient (Wildman–Crippen LogP) is 4.95. The first kappa shape index (κ1) is 19.8. The number of hydrogen-bond donors (Lipinski definition) is 1. The zero-order valence-corrected chi connectivity index (χ0v) is 16.3. The highest BCUT2D eigenvalue weighted by molar-refractivity contribution is 6.30. The topological polar surface area (TPSA) is 38.3 Å². The lowest BCUT2D eigenvalue weighted by Crippen LogP contribution is -2.26. The fraction of sp³-hybridized carbons (Fsp3) is 0.409. The van der Waals surface area contributed by atoms with Gasteiger partial charge >= 0.3 is 0 Å². The van der Waals surface area contributed by atoms with E-state index in [0.29, 0.717) is 29.0 Å². The molecule has 0 amide bonds. The Labute approximate surface area is 164 Å². The first-order valence-corrected chi connectivity index (χ1v) is 9.72. The average molecular weight is 390 g/mol. The van der Waals surface area contributed by atoms with Crippen molar-refractivity contribution in [1.29, 1.82) is 0 Å². The summed E-state index contributed by atoms with van der Waals surface area (Å²) in [6.45, 7) is 0.796. The number of methoxy groups -OCH3 is 1. The Kier molecular flexibility index (Phi) is 6.86. The van der Waals surface area contributed by atoms with Crippen LogP contribution in [0, 0.1) is 11.7 Å². The van der Waals surface area contributed by atoms with Gasteiger partial charge in [0.25, 0.3) is 0 Å². The molecule has 1 N–H and O–H groups in total. The number of carbonyl (C=O) groups is 1. The van der Waals surface area contributed by atoms with E-state index >= 15 is 0 Å². The van der Waals surface area contributed by atoms with Gasteiger partial charge in [0.05, 0.1) is 7.11 Å². The first-order valence-electron chi connectivity index (χ1n) is 9.35. The standard InChI is InChI=1S/C22H25ClFNO2/c1-27-22-4-2-3-16(12-22)14-25-20-6-5-15(9-20)10-21(26)11-17-7-18(23)13-19(24)8-17/h2-4,7-8,12-13,15,20,25H,5-6,9-11,14H2,1H3/t15-,20-/m1/s1. The van der Waals surface area contributed by atoms with E-state index in [1.54, 1.807) is 13.2 Å². The summed E-state index contributed by atoms with van der Waals surface area (Å²) in [5.74, 6) is 1.01. The van der Waals surface area contributed by atoms with Gasteiger partial charge in [-0.2, -0.15) is 0 Å². The van der Waals surface area contributed by atoms with E-state index in [1.807, 2.05) is 18.2 Å². The molecule has 144 valence electrons. The van der Waals surface area contributed by atoms with Crippen molar-refractivity contribution in [3.05, 3.63) is 64.4 Å². The van der Waals surface area contributed by atoms with Crippen molar-refractivity contribution in [1.82, 2.24) is 5.32 Å². The van der Waals surface area contributed by atoms with Gasteiger partial charge in [-0.3, -0.25) is 4.79 Å². The summed E-state index contributed by atoms with van der Waals surface area (Å²) in [4.78, 5) is 12.3. The fourth-order valence-electron chi connectivity index (χ4n) is 3.83. The van der Waals surface area contributed by atoms with Crippen LogP contribution in [-0.2, 0) is 17.8 Å². The van der Waals surface area contributed by atoms with E-state index < -0.39 is 5.82 Å². The van der Waals surface area contributed by atoms with Crippen molar-refractivity contribution in [3.8, 4) is 5.75 Å². The van der Waals surface area contributed by atoms with Crippen LogP contribution in [0.4, 0.5) is 4.39 Å². The second-order valence-corrected chi connectivity index (χ2v) is 7.74. The highest BCUT2D eigenvalue weighted by Crippen LogP contribution is 2.29. The van der Waals surface area contributed by atoms with E-state index in [-0.39, 0.29) is 12.2 Å². The number of carbonyl (C=O) groups excluding carboxylic acids is 1. The van der Waals surface area contributed by atoms with Gasteiger partial charge in [0.15, 0.2) is 0 Å². The number of halogens is 2. The van der Waals surface area contributed by atoms with Crippen LogP contribution in [0.25, 0.3) is 0 Å². The van der Waals surface area contributed by atoms with Crippen LogP contribution in [0.15, 0.2) is 42.5 Å². The summed E-state index contributed by atoms with van der Waals surface area (Å²) >= 11 is 5.86. The molecule has 0 aromatic heterocycles. The minimum atomic E-state index is -0.395. The smallest absolute Gasteiger partial charge is 0.137 e. The SMILES string of the molecule is COc1cccc(CN[C@@H]2CC[C@@H](CC(=O)Cc3cc(F)cc(Cl)c3)C2)c1. The number of rotatable bonds is 8. The number of ketones is 1. The molecule has 0 heterocycles. The van der Waals surface area contributed by atoms with Gasteiger partial charge in [0.1, 0.15) is 17.3 Å². The summed E-state index contributed by atoms with van der Waals surface area (Å²) in [5.41, 5.74) is 1.84. The third kappa shape index (κ3) is 6.05. The van der Waals surface area contributed by atoms with Crippen LogP contribution in [0.3, 0.4) is 0 Å². The van der Waals surface area contributed by atoms with Gasteiger partial charge in [-0.15, -0.1) is 0 Å². The maximum atomic E-state index is 13.4. The number of ether oxygens (including phenoxy) is 1. The van der Waals surface area contributed by atoms with E-state index in [2.05, 4.69) is 11.4 Å². The average Bonchev–Trinajstić information content (AvgIpc) is 3.06. The Morgan fingerprint density at radius 3 is 2.85 bits per heavy atom. The quantitative estimate of drug-likeness (QED) is 0.694. The largest absolute Gasteiger partial charge is 0.497 e. The molecule has 0 radical (unpaired) electrons. The molecule has 3 nitrogen and oxygen atoms in total. The van der Waals surface area contributed by atoms with Crippen LogP contribution < -0.4 is 10.1 Å². The molecule has 5 heteroatoms. The molecule has 1 aliphatic carbocycles. The molecule has 0 spiro atoms. The molecule has 1 fully saturated rings. The summed E-state index contributed by atoms with van der Waals surface area (Å²) in [5, 5.41) is 3.92. The van der Waals surface area contributed by atoms with Crippen LogP contribution in [0.2, 0.25) is 5.02 Å². The van der Waals surface area contributed by atoms with Crippen molar-refractivity contribution < 1.29 is 13.9 Å². The predicted molar refractivity (Wildman–Crippen MR) is 106 cm³/mol. The second kappa shape index (κ2) is 9.34. The Hall–Kier alpha value is -1.91. The highest BCUT2D eigenvalue weighted by Gasteiger charge is 2.26. The van der Waals surface area contributed by atoms with Crippen molar-refractivity contribution in [2.24, 2.45) is 5.92 Å². The van der Waals surface area contributed by atoms with Gasteiger partial charge in [0.2, 0.25) is 0 Å². The number of hydrogen-bond acceptors (Lipinski definition) is 3. The highest BCUT2D eigenvalue weighted by atomic mass is 35.5. The zero-order valence-electron chi connectivity index (χ0n) is 15.5. The van der Waals surface area contributed by atoms with E-state index in [0.717, 1.165) is 31.6 Å². The van der Waals surface area contributed by atoms with Gasteiger partial charge < -0.3 is 10.1 Å². The van der Waals surface area contributed by atoms with Crippen LogP contribution in [-0.4, -0.2) is 18.9 Å². The van der Waals surface area contributed by atoms with Crippen molar-refractivity contribution >= 4 is 17.4 Å². The first-order chi connectivity index (χ1) is 13.0. The van der Waals surface area contributed by atoms with Crippen molar-refractivity contribution in [2.45, 2.75) is 44.7 Å². The Morgan fingerprint density at radius 2 is 2.07 bits per heavy atom. The molecule has 27 heavy (non-hydrogen) atoms. The second-order valence-electron chi connectivity index (χ2n) is 7.31. The summed E-state index contributed by atoms with van der Waals surface area (Å²) in [7, 11) is 1.67. The summed E-state index contributed by atoms with van der Waals surface area (Å²) in [6, 6.07) is 12.8. The van der Waals surface area contributed by atoms with Gasteiger partial charge in [0, 0.05) is 30.5 Å². The van der Waals surface area contributed by atoms with Crippen molar-refractivity contribution in [2.75, 3.05) is 7.11 Å². The summed E-state index contributed by atoms with van der Waals surface area (Å²) in [6.07, 6.45) is 3.92. The van der Waals surface area contributed by atoms with Crippen LogP contribution in [0.5, 0.6) is 5.75 Å². The van der Waals surface area contributed by atoms with Crippen molar-refractivity contribution in [3.63, 3.8) is 0 Å². The fourth-order valence-corrected chi connectivity index (χ4v) is 4.07. The molecule has 0 aliphatic heterocycles. The maximum absolute atomic E-state index is 13.4. The molecular formula is C22H25ClFNO2. The van der Waals surface area contributed by atoms with Crippen LogP contribution in [0.1, 0.15) is 36.8 Å². The molecule has 0 unspecified atom stereocenters. The third-order valence-electron chi connectivity index (χ3n) is 5.11. The molecule has 3 rings (SSSR count). The Balaban J connectivity index is 1.44. The molecule has 1 aliphatic rings. The van der Waals surface area contributed by atoms with E-state index in [9.17, 15) is 9.18 Å². The lowest BCUT2D eigenvalue weighted by Gasteiger charge is -2.14. The van der Waals surface area contributed by atoms with Gasteiger partial charge in [-0.25, -0.2) is 4.39 Å². The monoisotopic (exact) mass is 389 g/mol. The van der Waals surface area contributed by atoms with E-state index in [1.165, 1.54) is 17.7 Å². The lowest BCUT2D eigenvalue weighted by atomic mass is 9.97. The molecule has 2 aromatic rings. The van der Waals surface area contributed by atoms with Crippen LogP contribution >= 0.6 is 11.6 Å². The Bertz CT molecular complexity index is 775. The number of benzene rings is 2. The lowest BCUT2D eigenvalue weighted by molar-refractivity contribution is -0.119. The Morgan fingerprint density at radius 1 is 1.22 bits per heavy atom. The molecule has 0 saturated heterocycles. The molecular weight excluding hydrogens is 365 g/mol. The molecule has 0 bridgehead atoms. The minimum absolute atomic E-state index is 0.148. The zero-order chi connectivity index (χ0) is 19.2. The molecule has 2 atom stereocenters. The number of nitrogens with one attached hydrogen (secondary N) is 1. The normalized spacial score (nSPS) is 19.2. The summed E-state index contributed by atoms with van der Waals surface area (Å²) < 4.78 is 18.6.